The molecule has 2 aliphatic rings. The minimum Gasteiger partial charge on any atom is -0.486 e. The zero-order valence-electron chi connectivity index (χ0n) is 17.1. The van der Waals surface area contributed by atoms with Crippen molar-refractivity contribution in [1.29, 1.82) is 0 Å². The second kappa shape index (κ2) is 8.68. The summed E-state index contributed by atoms with van der Waals surface area (Å²) in [6, 6.07) is 10.0. The van der Waals surface area contributed by atoms with Gasteiger partial charge in [0.15, 0.2) is 11.6 Å². The molecule has 0 saturated heterocycles. The average Bonchev–Trinajstić information content (AvgIpc) is 2.73. The lowest BCUT2D eigenvalue weighted by Gasteiger charge is -2.42. The maximum absolute atomic E-state index is 14.7. The first-order valence-electron chi connectivity index (χ1n) is 11.2. The number of hydrogen-bond donors (Lipinski definition) is 0. The van der Waals surface area contributed by atoms with Gasteiger partial charge in [-0.25, -0.2) is 4.39 Å². The van der Waals surface area contributed by atoms with Gasteiger partial charge in [0.25, 0.3) is 0 Å². The minimum atomic E-state index is -0.260. The Morgan fingerprint density at radius 1 is 1.07 bits per heavy atom. The zero-order valence-corrected chi connectivity index (χ0v) is 17.1. The first-order chi connectivity index (χ1) is 13.7. The molecule has 28 heavy (non-hydrogen) atoms. The van der Waals surface area contributed by atoms with Crippen LogP contribution in [0.4, 0.5) is 4.39 Å². The molecule has 2 heteroatoms. The third-order valence-corrected chi connectivity index (χ3v) is 7.19. The van der Waals surface area contributed by atoms with E-state index in [1.54, 1.807) is 12.1 Å². The van der Waals surface area contributed by atoms with Crippen LogP contribution in [0.25, 0.3) is 10.8 Å². The largest absolute Gasteiger partial charge is 0.486 e. The van der Waals surface area contributed by atoms with E-state index in [0.29, 0.717) is 23.7 Å². The molecule has 2 unspecified atom stereocenters. The molecular weight excluding hydrogens is 347 g/mol. The van der Waals surface area contributed by atoms with E-state index in [9.17, 15) is 4.39 Å². The summed E-state index contributed by atoms with van der Waals surface area (Å²) in [5.74, 6) is 3.50. The third kappa shape index (κ3) is 3.97. The van der Waals surface area contributed by atoms with Gasteiger partial charge in [0.1, 0.15) is 6.61 Å². The summed E-state index contributed by atoms with van der Waals surface area (Å²) >= 11 is 0. The first-order valence-corrected chi connectivity index (χ1v) is 11.2. The molecule has 4 atom stereocenters. The monoisotopic (exact) mass is 380 g/mol. The fourth-order valence-corrected chi connectivity index (χ4v) is 5.76. The van der Waals surface area contributed by atoms with Crippen molar-refractivity contribution in [3.63, 3.8) is 0 Å². The molecule has 4 rings (SSSR count). The van der Waals surface area contributed by atoms with Gasteiger partial charge < -0.3 is 4.74 Å². The van der Waals surface area contributed by atoms with E-state index < -0.39 is 0 Å². The van der Waals surface area contributed by atoms with Gasteiger partial charge in [0.05, 0.1) is 0 Å². The van der Waals surface area contributed by atoms with Gasteiger partial charge in [0, 0.05) is 5.39 Å². The summed E-state index contributed by atoms with van der Waals surface area (Å²) in [6.07, 6.45) is 12.7. The van der Waals surface area contributed by atoms with Gasteiger partial charge in [-0.1, -0.05) is 63.1 Å². The minimum absolute atomic E-state index is 0.260. The Bertz CT molecular complexity index is 827. The van der Waals surface area contributed by atoms with Crippen LogP contribution in [0.1, 0.15) is 69.8 Å². The van der Waals surface area contributed by atoms with E-state index in [0.717, 1.165) is 23.1 Å². The highest BCUT2D eigenvalue weighted by atomic mass is 19.1. The van der Waals surface area contributed by atoms with Crippen molar-refractivity contribution < 1.29 is 9.13 Å². The van der Waals surface area contributed by atoms with E-state index in [2.05, 4.69) is 25.6 Å². The molecule has 2 saturated carbocycles. The van der Waals surface area contributed by atoms with Gasteiger partial charge in [-0.05, 0) is 72.8 Å². The maximum atomic E-state index is 14.7. The smallest absolute Gasteiger partial charge is 0.172 e. The summed E-state index contributed by atoms with van der Waals surface area (Å²) in [5, 5.41) is 1.63. The van der Waals surface area contributed by atoms with Crippen LogP contribution >= 0.6 is 0 Å². The Kier molecular flexibility index (Phi) is 6.04. The Labute approximate surface area is 169 Å². The van der Waals surface area contributed by atoms with Crippen molar-refractivity contribution in [3.8, 4) is 5.75 Å². The van der Waals surface area contributed by atoms with Gasteiger partial charge >= 0.3 is 0 Å². The molecule has 0 aliphatic heterocycles. The molecule has 2 aliphatic carbocycles. The summed E-state index contributed by atoms with van der Waals surface area (Å²) in [7, 11) is 0. The normalized spacial score (nSPS) is 27.4. The SMILES string of the molecule is C=CCOc1ccc2cc([C@@H]3CC[C@@H]4CC(CCC)CCC4C3)ccc2c1F. The van der Waals surface area contributed by atoms with Crippen LogP contribution in [0.5, 0.6) is 5.75 Å². The average molecular weight is 381 g/mol. The zero-order chi connectivity index (χ0) is 19.5. The molecule has 0 bridgehead atoms. The second-order valence-electron chi connectivity index (χ2n) is 8.96. The molecule has 150 valence electrons. The van der Waals surface area contributed by atoms with Gasteiger partial charge in [-0.3, -0.25) is 0 Å². The van der Waals surface area contributed by atoms with Crippen molar-refractivity contribution in [2.75, 3.05) is 6.61 Å². The Morgan fingerprint density at radius 3 is 2.71 bits per heavy atom. The highest BCUT2D eigenvalue weighted by molar-refractivity contribution is 5.85. The number of rotatable bonds is 6. The van der Waals surface area contributed by atoms with Crippen molar-refractivity contribution in [2.45, 2.75) is 64.2 Å². The number of benzene rings is 2. The molecule has 0 spiro atoms. The van der Waals surface area contributed by atoms with Crippen LogP contribution < -0.4 is 4.74 Å². The molecule has 0 heterocycles. The Balaban J connectivity index is 1.48. The fraction of sp³-hybridized carbons (Fsp3) is 0.538. The highest BCUT2D eigenvalue weighted by Gasteiger charge is 2.35. The van der Waals surface area contributed by atoms with Crippen LogP contribution in [-0.4, -0.2) is 6.61 Å². The maximum Gasteiger partial charge on any atom is 0.172 e. The Hall–Kier alpha value is -1.83. The predicted octanol–water partition coefficient (Wildman–Crippen LogP) is 7.64. The summed E-state index contributed by atoms with van der Waals surface area (Å²) in [6.45, 7) is 6.27. The van der Waals surface area contributed by atoms with E-state index in [1.165, 1.54) is 56.9 Å². The standard InChI is InChI=1S/C26H33FO/c1-3-5-18-6-7-20-16-21(9-8-19(20)15-18)22-10-12-24-23(17-22)11-13-25(26(24)27)28-14-4-2/h4,10-13,17-21H,2-3,5-9,14-16H2,1H3/t18?,19-,20?,21-/m1/s1. The molecular formula is C26H33FO. The molecule has 0 amide bonds. The number of fused-ring (bicyclic) bond motifs is 2. The van der Waals surface area contributed by atoms with Crippen molar-refractivity contribution in [2.24, 2.45) is 17.8 Å². The highest BCUT2D eigenvalue weighted by Crippen LogP contribution is 2.48. The van der Waals surface area contributed by atoms with E-state index >= 15 is 0 Å². The van der Waals surface area contributed by atoms with E-state index in [-0.39, 0.29) is 5.82 Å². The third-order valence-electron chi connectivity index (χ3n) is 7.19. The van der Waals surface area contributed by atoms with Crippen LogP contribution in [0, 0.1) is 23.6 Å². The Morgan fingerprint density at radius 2 is 1.89 bits per heavy atom. The molecule has 2 fully saturated rings. The summed E-state index contributed by atoms with van der Waals surface area (Å²) < 4.78 is 20.2. The van der Waals surface area contributed by atoms with Crippen LogP contribution in [0.15, 0.2) is 43.0 Å². The summed E-state index contributed by atoms with van der Waals surface area (Å²) in [4.78, 5) is 0. The molecule has 0 N–H and O–H groups in total. The van der Waals surface area contributed by atoms with Crippen molar-refractivity contribution in [3.05, 3.63) is 54.4 Å². The summed E-state index contributed by atoms with van der Waals surface area (Å²) in [5.41, 5.74) is 1.39. The molecule has 2 aromatic carbocycles. The quantitative estimate of drug-likeness (QED) is 0.468. The van der Waals surface area contributed by atoms with E-state index in [1.807, 2.05) is 12.1 Å². The van der Waals surface area contributed by atoms with E-state index in [4.69, 9.17) is 4.74 Å². The number of ether oxygens (including phenoxy) is 1. The van der Waals surface area contributed by atoms with Gasteiger partial charge in [0.2, 0.25) is 0 Å². The number of halogens is 1. The van der Waals surface area contributed by atoms with Crippen LogP contribution in [0.3, 0.4) is 0 Å². The molecule has 2 aromatic rings. The second-order valence-corrected chi connectivity index (χ2v) is 8.96. The van der Waals surface area contributed by atoms with Crippen LogP contribution in [-0.2, 0) is 0 Å². The predicted molar refractivity (Wildman–Crippen MR) is 115 cm³/mol. The number of hydrogen-bond acceptors (Lipinski definition) is 1. The molecule has 1 nitrogen and oxygen atoms in total. The van der Waals surface area contributed by atoms with Crippen LogP contribution in [0.2, 0.25) is 0 Å². The fourth-order valence-electron chi connectivity index (χ4n) is 5.76. The van der Waals surface area contributed by atoms with Crippen molar-refractivity contribution in [1.82, 2.24) is 0 Å². The topological polar surface area (TPSA) is 9.23 Å². The lowest BCUT2D eigenvalue weighted by atomic mass is 9.63. The lowest BCUT2D eigenvalue weighted by Crippen LogP contribution is -2.30. The lowest BCUT2D eigenvalue weighted by molar-refractivity contribution is 0.114. The van der Waals surface area contributed by atoms with Gasteiger partial charge in [-0.2, -0.15) is 0 Å². The van der Waals surface area contributed by atoms with Gasteiger partial charge in [-0.15, -0.1) is 0 Å². The molecule has 0 aromatic heterocycles. The first kappa shape index (κ1) is 19.5. The molecule has 0 radical (unpaired) electrons. The van der Waals surface area contributed by atoms with Crippen molar-refractivity contribution >= 4 is 10.8 Å².